The number of nitrogens with one attached hydrogen (secondary N) is 2. The molecule has 0 spiro atoms. The Hall–Kier alpha value is -2.57. The van der Waals surface area contributed by atoms with Crippen molar-refractivity contribution in [3.63, 3.8) is 0 Å². The molecule has 0 saturated carbocycles. The van der Waals surface area contributed by atoms with Gasteiger partial charge in [0.05, 0.1) is 0 Å². The lowest BCUT2D eigenvalue weighted by Gasteiger charge is -2.33. The second kappa shape index (κ2) is 6.79. The van der Waals surface area contributed by atoms with Gasteiger partial charge in [0.2, 0.25) is 0 Å². The summed E-state index contributed by atoms with van der Waals surface area (Å²) in [5.74, 6) is 0.799. The van der Waals surface area contributed by atoms with Crippen molar-refractivity contribution in [3.8, 4) is 16.9 Å². The molecule has 5 rings (SSSR count). The SMILES string of the molecule is C[C@@H]1CN(C(=O)C2Cc3cc(Cl)cc(-c4ccnc5[nH]ccc45)c3O2)CCN1. The second-order valence-electron chi connectivity index (χ2n) is 7.49. The molecule has 1 aromatic carbocycles. The van der Waals surface area contributed by atoms with E-state index in [1.54, 1.807) is 6.20 Å². The van der Waals surface area contributed by atoms with Gasteiger partial charge in [0.15, 0.2) is 6.10 Å². The third-order valence-electron chi connectivity index (χ3n) is 5.50. The number of fused-ring (bicyclic) bond motifs is 2. The highest BCUT2D eigenvalue weighted by Crippen LogP contribution is 2.43. The summed E-state index contributed by atoms with van der Waals surface area (Å²) in [6.07, 6.45) is 3.67. The van der Waals surface area contributed by atoms with Crippen molar-refractivity contribution in [1.29, 1.82) is 0 Å². The van der Waals surface area contributed by atoms with E-state index >= 15 is 0 Å². The predicted octanol–water partition coefficient (Wildman–Crippen LogP) is 3.01. The van der Waals surface area contributed by atoms with Gasteiger partial charge < -0.3 is 19.9 Å². The number of halogens is 1. The molecular weight excluding hydrogens is 376 g/mol. The number of benzene rings is 1. The maximum Gasteiger partial charge on any atom is 0.264 e. The van der Waals surface area contributed by atoms with Crippen LogP contribution in [0.3, 0.4) is 0 Å². The van der Waals surface area contributed by atoms with Crippen molar-refractivity contribution in [2.45, 2.75) is 25.5 Å². The molecule has 2 aliphatic rings. The van der Waals surface area contributed by atoms with Crippen LogP contribution in [0.15, 0.2) is 36.7 Å². The first-order chi connectivity index (χ1) is 13.6. The zero-order valence-corrected chi connectivity index (χ0v) is 16.3. The van der Waals surface area contributed by atoms with E-state index in [0.29, 0.717) is 30.6 Å². The molecule has 2 aliphatic heterocycles. The smallest absolute Gasteiger partial charge is 0.264 e. The molecule has 0 aliphatic carbocycles. The highest BCUT2D eigenvalue weighted by Gasteiger charge is 2.35. The number of pyridine rings is 1. The highest BCUT2D eigenvalue weighted by atomic mass is 35.5. The van der Waals surface area contributed by atoms with Crippen LogP contribution in [-0.2, 0) is 11.2 Å². The van der Waals surface area contributed by atoms with E-state index in [4.69, 9.17) is 16.3 Å². The Bertz CT molecular complexity index is 1060. The third-order valence-corrected chi connectivity index (χ3v) is 5.72. The number of aromatic amines is 1. The Labute approximate surface area is 167 Å². The van der Waals surface area contributed by atoms with Crippen LogP contribution in [0.4, 0.5) is 0 Å². The molecule has 1 saturated heterocycles. The predicted molar refractivity (Wildman–Crippen MR) is 109 cm³/mol. The molecule has 7 heteroatoms. The fourth-order valence-corrected chi connectivity index (χ4v) is 4.44. The highest BCUT2D eigenvalue weighted by molar-refractivity contribution is 6.31. The molecule has 0 bridgehead atoms. The van der Waals surface area contributed by atoms with Crippen molar-refractivity contribution < 1.29 is 9.53 Å². The van der Waals surface area contributed by atoms with Crippen molar-refractivity contribution in [2.24, 2.45) is 0 Å². The summed E-state index contributed by atoms with van der Waals surface area (Å²) in [7, 11) is 0. The molecule has 1 unspecified atom stereocenters. The molecule has 2 aromatic heterocycles. The summed E-state index contributed by atoms with van der Waals surface area (Å²) in [5, 5.41) is 5.01. The minimum atomic E-state index is -0.499. The van der Waals surface area contributed by atoms with Gasteiger partial charge >= 0.3 is 0 Å². The number of rotatable bonds is 2. The van der Waals surface area contributed by atoms with Gasteiger partial charge in [-0.05, 0) is 36.8 Å². The van der Waals surface area contributed by atoms with Crippen LogP contribution in [0.25, 0.3) is 22.2 Å². The fraction of sp³-hybridized carbons (Fsp3) is 0.333. The van der Waals surface area contributed by atoms with Crippen LogP contribution in [0.2, 0.25) is 5.02 Å². The first kappa shape index (κ1) is 17.5. The molecule has 144 valence electrons. The van der Waals surface area contributed by atoms with Crippen LogP contribution >= 0.6 is 11.6 Å². The fourth-order valence-electron chi connectivity index (χ4n) is 4.19. The Morgan fingerprint density at radius 3 is 3.07 bits per heavy atom. The maximum atomic E-state index is 13.0. The summed E-state index contributed by atoms with van der Waals surface area (Å²) in [5.41, 5.74) is 3.68. The standard InChI is InChI=1S/C21H21ClN4O2/c1-12-11-26(7-6-23-12)21(27)18-9-13-8-14(22)10-17(19(13)28-18)15-2-4-24-20-16(15)3-5-25-20/h2-5,8,10,12,18,23H,6-7,9,11H2,1H3,(H,24,25)/t12-,18?/m1/s1. The molecule has 6 nitrogen and oxygen atoms in total. The van der Waals surface area contributed by atoms with Crippen molar-refractivity contribution >= 4 is 28.5 Å². The lowest BCUT2D eigenvalue weighted by atomic mass is 9.99. The van der Waals surface area contributed by atoms with Gasteiger partial charge in [0.1, 0.15) is 11.4 Å². The van der Waals surface area contributed by atoms with Gasteiger partial charge in [-0.25, -0.2) is 4.98 Å². The quantitative estimate of drug-likeness (QED) is 0.698. The number of carbonyl (C=O) groups excluding carboxylic acids is 1. The normalized spacial score (nSPS) is 21.6. The Balaban J connectivity index is 1.50. The molecule has 4 heterocycles. The number of hydrogen-bond acceptors (Lipinski definition) is 4. The number of ether oxygens (including phenoxy) is 1. The van der Waals surface area contributed by atoms with E-state index in [1.807, 2.05) is 35.4 Å². The average Bonchev–Trinajstić information content (AvgIpc) is 3.33. The molecule has 28 heavy (non-hydrogen) atoms. The molecule has 0 radical (unpaired) electrons. The third kappa shape index (κ3) is 2.93. The van der Waals surface area contributed by atoms with E-state index in [1.165, 1.54) is 0 Å². The summed E-state index contributed by atoms with van der Waals surface area (Å²) >= 11 is 6.42. The molecule has 1 amide bonds. The number of hydrogen-bond donors (Lipinski definition) is 2. The molecule has 1 fully saturated rings. The minimum Gasteiger partial charge on any atom is -0.479 e. The summed E-state index contributed by atoms with van der Waals surface area (Å²) < 4.78 is 6.22. The van der Waals surface area contributed by atoms with Crippen LogP contribution in [0, 0.1) is 0 Å². The average molecular weight is 397 g/mol. The number of piperazine rings is 1. The van der Waals surface area contributed by atoms with Gasteiger partial charge in [-0.3, -0.25) is 4.79 Å². The summed E-state index contributed by atoms with van der Waals surface area (Å²) in [6.45, 7) is 4.32. The molecule has 3 aromatic rings. The zero-order chi connectivity index (χ0) is 19.3. The lowest BCUT2D eigenvalue weighted by Crippen LogP contribution is -2.54. The van der Waals surface area contributed by atoms with Crippen LogP contribution < -0.4 is 10.1 Å². The monoisotopic (exact) mass is 396 g/mol. The molecule has 2 N–H and O–H groups in total. The van der Waals surface area contributed by atoms with Crippen LogP contribution in [0.5, 0.6) is 5.75 Å². The topological polar surface area (TPSA) is 70.2 Å². The zero-order valence-electron chi connectivity index (χ0n) is 15.5. The number of nitrogens with zero attached hydrogens (tertiary/aromatic N) is 2. The minimum absolute atomic E-state index is 0.0492. The Morgan fingerprint density at radius 2 is 2.21 bits per heavy atom. The van der Waals surface area contributed by atoms with Crippen molar-refractivity contribution in [3.05, 3.63) is 47.2 Å². The van der Waals surface area contributed by atoms with E-state index in [9.17, 15) is 4.79 Å². The van der Waals surface area contributed by atoms with Gasteiger partial charge in [0.25, 0.3) is 5.91 Å². The van der Waals surface area contributed by atoms with Gasteiger partial charge in [-0.2, -0.15) is 0 Å². The Kier molecular flexibility index (Phi) is 4.25. The second-order valence-corrected chi connectivity index (χ2v) is 7.93. The number of H-pyrrole nitrogens is 1. The van der Waals surface area contributed by atoms with Crippen molar-refractivity contribution in [1.82, 2.24) is 20.2 Å². The number of carbonyl (C=O) groups is 1. The van der Waals surface area contributed by atoms with E-state index < -0.39 is 6.10 Å². The van der Waals surface area contributed by atoms with E-state index in [-0.39, 0.29) is 5.91 Å². The molecule has 2 atom stereocenters. The van der Waals surface area contributed by atoms with Crippen LogP contribution in [0.1, 0.15) is 12.5 Å². The Morgan fingerprint density at radius 1 is 1.32 bits per heavy atom. The summed E-state index contributed by atoms with van der Waals surface area (Å²) in [6, 6.07) is 8.06. The first-order valence-corrected chi connectivity index (χ1v) is 9.91. The van der Waals surface area contributed by atoms with Gasteiger partial charge in [-0.15, -0.1) is 0 Å². The molecular formula is C21H21ClN4O2. The van der Waals surface area contributed by atoms with Crippen LogP contribution in [-0.4, -0.2) is 52.6 Å². The lowest BCUT2D eigenvalue weighted by molar-refractivity contribution is -0.139. The van der Waals surface area contributed by atoms with E-state index in [2.05, 4.69) is 22.2 Å². The van der Waals surface area contributed by atoms with Crippen molar-refractivity contribution in [2.75, 3.05) is 19.6 Å². The summed E-state index contributed by atoms with van der Waals surface area (Å²) in [4.78, 5) is 22.4. The van der Waals surface area contributed by atoms with Gasteiger partial charge in [-0.1, -0.05) is 11.6 Å². The maximum absolute atomic E-state index is 13.0. The van der Waals surface area contributed by atoms with E-state index in [0.717, 1.165) is 40.0 Å². The number of aromatic nitrogens is 2. The largest absolute Gasteiger partial charge is 0.479 e. The first-order valence-electron chi connectivity index (χ1n) is 9.54. The number of amides is 1. The van der Waals surface area contributed by atoms with Gasteiger partial charge in [0, 0.05) is 66.0 Å².